The fraction of sp³-hybridized carbons (Fsp3) is 0.235. The van der Waals surface area contributed by atoms with Crippen LogP contribution in [0.4, 0.5) is 0 Å². The van der Waals surface area contributed by atoms with Crippen LogP contribution in [0, 0.1) is 0 Å². The molecule has 118 valence electrons. The Bertz CT molecular complexity index is 748. The van der Waals surface area contributed by atoms with E-state index in [1.807, 2.05) is 23.1 Å². The molecule has 0 aliphatic carbocycles. The number of carbonyl (C=O) groups excluding carboxylic acids is 1. The number of rotatable bonds is 4. The number of nitrogens with zero attached hydrogens (tertiary/aromatic N) is 2. The van der Waals surface area contributed by atoms with Gasteiger partial charge in [-0.2, -0.15) is 0 Å². The van der Waals surface area contributed by atoms with E-state index in [9.17, 15) is 9.59 Å². The maximum atomic E-state index is 12.4. The van der Waals surface area contributed by atoms with E-state index in [1.54, 1.807) is 6.07 Å². The number of hydrogen-bond donors (Lipinski definition) is 1. The van der Waals surface area contributed by atoms with E-state index in [1.165, 1.54) is 35.2 Å². The van der Waals surface area contributed by atoms with E-state index in [2.05, 4.69) is 11.1 Å². The lowest BCUT2D eigenvalue weighted by Gasteiger charge is -2.28. The second-order valence-electron chi connectivity index (χ2n) is 5.28. The van der Waals surface area contributed by atoms with Crippen LogP contribution in [0.15, 0.2) is 47.6 Å². The molecule has 0 unspecified atom stereocenters. The van der Waals surface area contributed by atoms with Crippen molar-refractivity contribution in [1.29, 1.82) is 0 Å². The van der Waals surface area contributed by atoms with Crippen LogP contribution in [-0.2, 0) is 17.8 Å². The molecule has 1 aromatic heterocycles. The van der Waals surface area contributed by atoms with Crippen LogP contribution in [0.5, 0.6) is 0 Å². The summed E-state index contributed by atoms with van der Waals surface area (Å²) < 4.78 is 0. The van der Waals surface area contributed by atoms with E-state index < -0.39 is 5.97 Å². The Morgan fingerprint density at radius 1 is 1.17 bits per heavy atom. The lowest BCUT2D eigenvalue weighted by molar-refractivity contribution is -0.129. The number of thioether (sulfide) groups is 1. The zero-order valence-electron chi connectivity index (χ0n) is 12.4. The van der Waals surface area contributed by atoms with Gasteiger partial charge in [-0.1, -0.05) is 36.0 Å². The van der Waals surface area contributed by atoms with E-state index in [0.717, 1.165) is 6.42 Å². The van der Waals surface area contributed by atoms with Crippen molar-refractivity contribution < 1.29 is 14.7 Å². The molecular formula is C17H16N2O3S. The summed E-state index contributed by atoms with van der Waals surface area (Å²) in [6.45, 7) is 1.31. The highest BCUT2D eigenvalue weighted by Crippen LogP contribution is 2.23. The number of carboxylic acids is 1. The first-order chi connectivity index (χ1) is 11.1. The maximum Gasteiger partial charge on any atom is 0.338 e. The van der Waals surface area contributed by atoms with Crippen molar-refractivity contribution in [1.82, 2.24) is 9.88 Å². The Labute approximate surface area is 138 Å². The molecule has 1 aliphatic rings. The van der Waals surface area contributed by atoms with Crippen molar-refractivity contribution in [3.8, 4) is 0 Å². The van der Waals surface area contributed by atoms with Crippen molar-refractivity contribution in [3.63, 3.8) is 0 Å². The van der Waals surface area contributed by atoms with Gasteiger partial charge in [0.05, 0.1) is 11.3 Å². The molecule has 0 spiro atoms. The van der Waals surface area contributed by atoms with Gasteiger partial charge in [0.25, 0.3) is 0 Å². The molecule has 6 heteroatoms. The Morgan fingerprint density at radius 2 is 1.96 bits per heavy atom. The molecule has 1 N–H and O–H groups in total. The average Bonchev–Trinajstić information content (AvgIpc) is 2.59. The van der Waals surface area contributed by atoms with Crippen molar-refractivity contribution in [2.24, 2.45) is 0 Å². The highest BCUT2D eigenvalue weighted by Gasteiger charge is 2.21. The molecule has 0 atom stereocenters. The molecule has 23 heavy (non-hydrogen) atoms. The minimum atomic E-state index is -1.03. The summed E-state index contributed by atoms with van der Waals surface area (Å²) in [5.41, 5.74) is 2.61. The van der Waals surface area contributed by atoms with Gasteiger partial charge in [-0.05, 0) is 29.7 Å². The maximum absolute atomic E-state index is 12.4. The Hall–Kier alpha value is -2.34. The summed E-state index contributed by atoms with van der Waals surface area (Å²) in [6, 6.07) is 11.2. The molecule has 1 aliphatic heterocycles. The van der Waals surface area contributed by atoms with E-state index >= 15 is 0 Å². The van der Waals surface area contributed by atoms with Gasteiger partial charge in [0, 0.05) is 19.3 Å². The average molecular weight is 328 g/mol. The summed E-state index contributed by atoms with van der Waals surface area (Å²) in [4.78, 5) is 29.4. The van der Waals surface area contributed by atoms with Crippen LogP contribution < -0.4 is 0 Å². The van der Waals surface area contributed by atoms with Crippen LogP contribution in [0.1, 0.15) is 21.5 Å². The fourth-order valence-corrected chi connectivity index (χ4v) is 3.49. The van der Waals surface area contributed by atoms with Crippen molar-refractivity contribution >= 4 is 23.6 Å². The first-order valence-corrected chi connectivity index (χ1v) is 8.29. The second kappa shape index (κ2) is 6.83. The van der Waals surface area contributed by atoms with Crippen LogP contribution in [-0.4, -0.2) is 39.2 Å². The molecule has 2 heterocycles. The van der Waals surface area contributed by atoms with E-state index in [-0.39, 0.29) is 17.2 Å². The van der Waals surface area contributed by atoms with Gasteiger partial charge in [0.1, 0.15) is 5.03 Å². The number of carbonyl (C=O) groups is 2. The van der Waals surface area contributed by atoms with Gasteiger partial charge in [0.15, 0.2) is 0 Å². The third-order valence-corrected chi connectivity index (χ3v) is 4.81. The number of amides is 1. The zero-order valence-corrected chi connectivity index (χ0v) is 13.3. The monoisotopic (exact) mass is 328 g/mol. The van der Waals surface area contributed by atoms with Crippen molar-refractivity contribution in [2.45, 2.75) is 18.0 Å². The van der Waals surface area contributed by atoms with Crippen molar-refractivity contribution in [2.75, 3.05) is 12.3 Å². The number of fused-ring (bicyclic) bond motifs is 1. The number of benzene rings is 1. The third-order valence-electron chi connectivity index (χ3n) is 3.82. The van der Waals surface area contributed by atoms with Crippen LogP contribution in [0.25, 0.3) is 0 Å². The highest BCUT2D eigenvalue weighted by atomic mass is 32.2. The van der Waals surface area contributed by atoms with E-state index in [4.69, 9.17) is 5.11 Å². The molecule has 0 fully saturated rings. The standard InChI is InChI=1S/C17H16N2O3S/c20-15(11-23-16-14(17(21)22)6-3-8-18-16)19-9-7-12-4-1-2-5-13(12)10-19/h1-6,8H,7,9-11H2,(H,21,22). The van der Waals surface area contributed by atoms with Crippen LogP contribution >= 0.6 is 11.8 Å². The molecule has 1 amide bonds. The lowest BCUT2D eigenvalue weighted by Crippen LogP contribution is -2.37. The van der Waals surface area contributed by atoms with Gasteiger partial charge in [-0.25, -0.2) is 9.78 Å². The van der Waals surface area contributed by atoms with Gasteiger partial charge < -0.3 is 10.0 Å². The summed E-state index contributed by atoms with van der Waals surface area (Å²) in [7, 11) is 0. The van der Waals surface area contributed by atoms with Crippen molar-refractivity contribution in [3.05, 3.63) is 59.3 Å². The number of aromatic nitrogens is 1. The molecule has 2 aromatic rings. The quantitative estimate of drug-likeness (QED) is 0.873. The van der Waals surface area contributed by atoms with Gasteiger partial charge >= 0.3 is 5.97 Å². The topological polar surface area (TPSA) is 70.5 Å². The summed E-state index contributed by atoms with van der Waals surface area (Å²) in [5.74, 6) is -0.828. The smallest absolute Gasteiger partial charge is 0.338 e. The lowest BCUT2D eigenvalue weighted by atomic mass is 10.00. The largest absolute Gasteiger partial charge is 0.478 e. The number of carboxylic acid groups (broad SMARTS) is 1. The molecule has 5 nitrogen and oxygen atoms in total. The van der Waals surface area contributed by atoms with Crippen LogP contribution in [0.2, 0.25) is 0 Å². The van der Waals surface area contributed by atoms with Crippen LogP contribution in [0.3, 0.4) is 0 Å². The van der Waals surface area contributed by atoms with Gasteiger partial charge in [0.2, 0.25) is 5.91 Å². The molecule has 0 saturated carbocycles. The normalized spacial score (nSPS) is 13.5. The summed E-state index contributed by atoms with van der Waals surface area (Å²) >= 11 is 1.18. The van der Waals surface area contributed by atoms with E-state index in [0.29, 0.717) is 18.1 Å². The van der Waals surface area contributed by atoms with Gasteiger partial charge in [-0.3, -0.25) is 4.79 Å². The first-order valence-electron chi connectivity index (χ1n) is 7.31. The predicted octanol–water partition coefficient (Wildman–Crippen LogP) is 2.46. The Kier molecular flexibility index (Phi) is 4.62. The summed E-state index contributed by atoms with van der Waals surface area (Å²) in [5, 5.41) is 9.52. The fourth-order valence-electron chi connectivity index (χ4n) is 2.60. The summed E-state index contributed by atoms with van der Waals surface area (Å²) in [6.07, 6.45) is 2.40. The molecule has 3 rings (SSSR count). The predicted molar refractivity (Wildman–Crippen MR) is 87.5 cm³/mol. The first kappa shape index (κ1) is 15.6. The third kappa shape index (κ3) is 3.53. The highest BCUT2D eigenvalue weighted by molar-refractivity contribution is 8.00. The minimum Gasteiger partial charge on any atom is -0.478 e. The molecule has 1 aromatic carbocycles. The SMILES string of the molecule is O=C(O)c1cccnc1SCC(=O)N1CCc2ccccc2C1. The molecule has 0 bridgehead atoms. The number of hydrogen-bond acceptors (Lipinski definition) is 4. The minimum absolute atomic E-state index is 0.00601. The molecule has 0 saturated heterocycles. The molecular weight excluding hydrogens is 312 g/mol. The second-order valence-corrected chi connectivity index (χ2v) is 6.25. The number of pyridine rings is 1. The number of aromatic carboxylic acids is 1. The Morgan fingerprint density at radius 3 is 2.74 bits per heavy atom. The Balaban J connectivity index is 1.64. The zero-order chi connectivity index (χ0) is 16.2. The molecule has 0 radical (unpaired) electrons. The van der Waals surface area contributed by atoms with Gasteiger partial charge in [-0.15, -0.1) is 0 Å².